The first-order valence-electron chi connectivity index (χ1n) is 8.87. The molecule has 2 fully saturated rings. The largest absolute Gasteiger partial charge is 0.496 e. The van der Waals surface area contributed by atoms with Crippen LogP contribution in [0, 0.1) is 0 Å². The Morgan fingerprint density at radius 2 is 2.04 bits per heavy atom. The summed E-state index contributed by atoms with van der Waals surface area (Å²) in [4.78, 5) is 4.51. The van der Waals surface area contributed by atoms with Crippen LogP contribution in [0.3, 0.4) is 0 Å². The zero-order valence-electron chi connectivity index (χ0n) is 14.5. The lowest BCUT2D eigenvalue weighted by Gasteiger charge is -2.06. The van der Waals surface area contributed by atoms with Gasteiger partial charge in [-0.25, -0.2) is 0 Å². The van der Waals surface area contributed by atoms with Crippen molar-refractivity contribution in [3.05, 3.63) is 36.0 Å². The number of nitrogens with zero attached hydrogens (tertiary/aromatic N) is 5. The third-order valence-corrected chi connectivity index (χ3v) is 5.61. The first-order valence-corrected chi connectivity index (χ1v) is 9.85. The van der Waals surface area contributed by atoms with E-state index in [1.165, 1.54) is 25.7 Å². The number of hydrogen-bond donors (Lipinski definition) is 0. The number of ether oxygens (including phenoxy) is 1. The number of methoxy groups -OCH3 is 1. The molecule has 26 heavy (non-hydrogen) atoms. The number of thioether (sulfide) groups is 1. The van der Waals surface area contributed by atoms with E-state index in [0.29, 0.717) is 29.4 Å². The Kier molecular flexibility index (Phi) is 3.92. The van der Waals surface area contributed by atoms with E-state index in [2.05, 4.69) is 24.9 Å². The van der Waals surface area contributed by atoms with Crippen molar-refractivity contribution in [1.82, 2.24) is 24.9 Å². The molecule has 0 radical (unpaired) electrons. The van der Waals surface area contributed by atoms with Gasteiger partial charge in [-0.05, 0) is 37.8 Å². The molecule has 3 aromatic rings. The van der Waals surface area contributed by atoms with E-state index in [-0.39, 0.29) is 0 Å². The number of benzene rings is 1. The number of para-hydroxylation sites is 1. The Balaban J connectivity index is 1.33. The van der Waals surface area contributed by atoms with Gasteiger partial charge in [-0.3, -0.25) is 0 Å². The second-order valence-corrected chi connectivity index (χ2v) is 7.66. The maximum Gasteiger partial charge on any atom is 0.237 e. The highest BCUT2D eigenvalue weighted by molar-refractivity contribution is 7.98. The number of rotatable bonds is 7. The Hall–Kier alpha value is -2.35. The quantitative estimate of drug-likeness (QED) is 0.585. The highest BCUT2D eigenvalue weighted by Crippen LogP contribution is 2.46. The van der Waals surface area contributed by atoms with Crippen LogP contribution in [0.15, 0.2) is 33.9 Å². The molecular weight excluding hydrogens is 350 g/mol. The normalized spacial score (nSPS) is 16.8. The van der Waals surface area contributed by atoms with Gasteiger partial charge in [0.1, 0.15) is 11.6 Å². The SMILES string of the molecule is COc1ccccc1-c1noc(CSc2nnc(C3CC3)n2C2CC2)n1. The van der Waals surface area contributed by atoms with Gasteiger partial charge in [-0.2, -0.15) is 4.98 Å². The smallest absolute Gasteiger partial charge is 0.237 e. The third-order valence-electron chi connectivity index (χ3n) is 4.69. The van der Waals surface area contributed by atoms with Gasteiger partial charge in [0.05, 0.1) is 18.4 Å². The van der Waals surface area contributed by atoms with E-state index < -0.39 is 0 Å². The van der Waals surface area contributed by atoms with Crippen LogP contribution in [0.25, 0.3) is 11.4 Å². The molecule has 1 aromatic carbocycles. The van der Waals surface area contributed by atoms with E-state index in [0.717, 1.165) is 22.3 Å². The van der Waals surface area contributed by atoms with Crippen LogP contribution < -0.4 is 4.74 Å². The van der Waals surface area contributed by atoms with E-state index in [1.807, 2.05) is 24.3 Å². The lowest BCUT2D eigenvalue weighted by Crippen LogP contribution is -2.02. The maximum absolute atomic E-state index is 5.43. The summed E-state index contributed by atoms with van der Waals surface area (Å²) in [7, 11) is 1.64. The molecule has 0 amide bonds. The van der Waals surface area contributed by atoms with Crippen molar-refractivity contribution in [2.24, 2.45) is 0 Å². The maximum atomic E-state index is 5.43. The second-order valence-electron chi connectivity index (χ2n) is 6.72. The molecule has 0 atom stereocenters. The van der Waals surface area contributed by atoms with E-state index in [4.69, 9.17) is 9.26 Å². The first kappa shape index (κ1) is 15.9. The zero-order valence-corrected chi connectivity index (χ0v) is 15.3. The van der Waals surface area contributed by atoms with E-state index >= 15 is 0 Å². The van der Waals surface area contributed by atoms with Gasteiger partial charge in [0, 0.05) is 12.0 Å². The van der Waals surface area contributed by atoms with Gasteiger partial charge in [-0.1, -0.05) is 29.1 Å². The Morgan fingerprint density at radius 1 is 1.19 bits per heavy atom. The van der Waals surface area contributed by atoms with Gasteiger partial charge in [0.15, 0.2) is 5.16 Å². The molecule has 5 rings (SSSR count). The Bertz CT molecular complexity index is 929. The van der Waals surface area contributed by atoms with Crippen molar-refractivity contribution in [1.29, 1.82) is 0 Å². The van der Waals surface area contributed by atoms with Crippen LogP contribution in [0.1, 0.15) is 49.4 Å². The summed E-state index contributed by atoms with van der Waals surface area (Å²) in [6.45, 7) is 0. The minimum absolute atomic E-state index is 0.542. The predicted molar refractivity (Wildman–Crippen MR) is 96.1 cm³/mol. The van der Waals surface area contributed by atoms with Crippen LogP contribution in [0.4, 0.5) is 0 Å². The van der Waals surface area contributed by atoms with Gasteiger partial charge >= 0.3 is 0 Å². The van der Waals surface area contributed by atoms with E-state index in [1.54, 1.807) is 18.9 Å². The molecule has 134 valence electrons. The predicted octanol–water partition coefficient (Wildman–Crippen LogP) is 3.84. The van der Waals surface area contributed by atoms with Crippen molar-refractivity contribution < 1.29 is 9.26 Å². The van der Waals surface area contributed by atoms with Gasteiger partial charge in [0.2, 0.25) is 11.7 Å². The monoisotopic (exact) mass is 369 g/mol. The minimum Gasteiger partial charge on any atom is -0.496 e. The fraction of sp³-hybridized carbons (Fsp3) is 0.444. The molecular formula is C18H19N5O2S. The molecule has 0 N–H and O–H groups in total. The van der Waals surface area contributed by atoms with Gasteiger partial charge in [-0.15, -0.1) is 10.2 Å². The van der Waals surface area contributed by atoms with Crippen LogP contribution in [0.5, 0.6) is 5.75 Å². The average Bonchev–Trinajstić information content (AvgIpc) is 3.61. The highest BCUT2D eigenvalue weighted by atomic mass is 32.2. The molecule has 2 aliphatic rings. The number of hydrogen-bond acceptors (Lipinski definition) is 7. The summed E-state index contributed by atoms with van der Waals surface area (Å²) in [6, 6.07) is 8.24. The lowest BCUT2D eigenvalue weighted by molar-refractivity contribution is 0.390. The van der Waals surface area contributed by atoms with Crippen LogP contribution in [0.2, 0.25) is 0 Å². The topological polar surface area (TPSA) is 78.9 Å². The molecule has 7 nitrogen and oxygen atoms in total. The fourth-order valence-corrected chi connectivity index (χ4v) is 3.91. The summed E-state index contributed by atoms with van der Waals surface area (Å²) < 4.78 is 13.1. The molecule has 0 aliphatic heterocycles. The van der Waals surface area contributed by atoms with Crippen molar-refractivity contribution in [2.45, 2.75) is 48.6 Å². The molecule has 8 heteroatoms. The highest BCUT2D eigenvalue weighted by Gasteiger charge is 2.36. The zero-order chi connectivity index (χ0) is 17.5. The second kappa shape index (κ2) is 6.42. The summed E-state index contributed by atoms with van der Waals surface area (Å²) >= 11 is 1.61. The number of aromatic nitrogens is 5. The summed E-state index contributed by atoms with van der Waals surface area (Å²) in [6.07, 6.45) is 4.93. The van der Waals surface area contributed by atoms with Crippen LogP contribution in [-0.4, -0.2) is 32.0 Å². The first-order chi connectivity index (χ1) is 12.8. The van der Waals surface area contributed by atoms with Gasteiger partial charge in [0.25, 0.3) is 0 Å². The molecule has 2 heterocycles. The molecule has 0 saturated heterocycles. The van der Waals surface area contributed by atoms with E-state index in [9.17, 15) is 0 Å². The standard InChI is InChI=1S/C18H19N5O2S/c1-24-14-5-3-2-4-13(14)16-19-15(25-22-16)10-26-18-21-20-17(11-6-7-11)23(18)12-8-9-12/h2-5,11-12H,6-10H2,1H3. The molecule has 2 aromatic heterocycles. The van der Waals surface area contributed by atoms with Crippen molar-refractivity contribution in [2.75, 3.05) is 7.11 Å². The average molecular weight is 369 g/mol. The molecule has 2 aliphatic carbocycles. The molecule has 0 spiro atoms. The fourth-order valence-electron chi connectivity index (χ4n) is 3.06. The Labute approximate surface area is 155 Å². The molecule has 2 saturated carbocycles. The third kappa shape index (κ3) is 2.98. The molecule has 0 unspecified atom stereocenters. The van der Waals surface area contributed by atoms with Crippen molar-refractivity contribution >= 4 is 11.8 Å². The lowest BCUT2D eigenvalue weighted by atomic mass is 10.2. The Morgan fingerprint density at radius 3 is 2.81 bits per heavy atom. The molecule has 0 bridgehead atoms. The summed E-state index contributed by atoms with van der Waals surface area (Å²) in [5.74, 6) is 4.20. The van der Waals surface area contributed by atoms with Crippen molar-refractivity contribution in [3.8, 4) is 17.1 Å². The van der Waals surface area contributed by atoms with Crippen LogP contribution in [-0.2, 0) is 5.75 Å². The van der Waals surface area contributed by atoms with Gasteiger partial charge < -0.3 is 13.8 Å². The van der Waals surface area contributed by atoms with Crippen molar-refractivity contribution in [3.63, 3.8) is 0 Å². The van der Waals surface area contributed by atoms with Crippen LogP contribution >= 0.6 is 11.8 Å². The summed E-state index contributed by atoms with van der Waals surface area (Å²) in [5, 5.41) is 13.9. The summed E-state index contributed by atoms with van der Waals surface area (Å²) in [5.41, 5.74) is 0.826. The minimum atomic E-state index is 0.542.